The number of hydrogen-bond donors (Lipinski definition) is 2. The van der Waals surface area contributed by atoms with E-state index in [1.165, 1.54) is 0 Å². The third-order valence-corrected chi connectivity index (χ3v) is 2.20. The molecule has 0 saturated carbocycles. The maximum Gasteiger partial charge on any atom is 0.335 e. The highest BCUT2D eigenvalue weighted by Gasteiger charge is 2.00. The number of hydrogen-bond acceptors (Lipinski definition) is 2. The van der Waals surface area contributed by atoms with Gasteiger partial charge in [-0.05, 0) is 17.7 Å². The highest BCUT2D eigenvalue weighted by Crippen LogP contribution is 2.03. The summed E-state index contributed by atoms with van der Waals surface area (Å²) in [6.45, 7) is 1.67. The summed E-state index contributed by atoms with van der Waals surface area (Å²) in [6.07, 6.45) is 0. The van der Waals surface area contributed by atoms with E-state index in [4.69, 9.17) is 5.11 Å². The van der Waals surface area contributed by atoms with Crippen molar-refractivity contribution < 1.29 is 9.90 Å². The number of carboxylic acids is 1. The second-order valence-corrected chi connectivity index (χ2v) is 3.66. The molecule has 0 aliphatic carbocycles. The van der Waals surface area contributed by atoms with Crippen molar-refractivity contribution in [1.82, 2.24) is 5.32 Å². The maximum atomic E-state index is 10.6. The van der Waals surface area contributed by atoms with E-state index in [-0.39, 0.29) is 0 Å². The Kier molecular flexibility index (Phi) is 4.62. The lowest BCUT2D eigenvalue weighted by Crippen LogP contribution is -2.15. The molecule has 14 heavy (non-hydrogen) atoms. The maximum absolute atomic E-state index is 10.6. The van der Waals surface area contributed by atoms with Gasteiger partial charge in [-0.1, -0.05) is 28.1 Å². The molecular formula is C10H12BrNO2. The normalized spacial score (nSPS) is 10.1. The molecule has 0 aliphatic heterocycles. The van der Waals surface area contributed by atoms with Crippen molar-refractivity contribution in [3.63, 3.8) is 0 Å². The van der Waals surface area contributed by atoms with Crippen molar-refractivity contribution in [2.45, 2.75) is 6.54 Å². The molecule has 0 saturated heterocycles. The van der Waals surface area contributed by atoms with Gasteiger partial charge in [-0.3, -0.25) is 0 Å². The smallest absolute Gasteiger partial charge is 0.335 e. The van der Waals surface area contributed by atoms with Crippen molar-refractivity contribution >= 4 is 21.9 Å². The highest BCUT2D eigenvalue weighted by molar-refractivity contribution is 9.09. The monoisotopic (exact) mass is 257 g/mol. The minimum absolute atomic E-state index is 0.328. The SMILES string of the molecule is O=C(O)c1ccc(CNCCBr)cc1. The fourth-order valence-electron chi connectivity index (χ4n) is 1.06. The van der Waals surface area contributed by atoms with Crippen LogP contribution in [0.5, 0.6) is 0 Å². The molecule has 0 aliphatic rings. The van der Waals surface area contributed by atoms with Gasteiger partial charge in [0.2, 0.25) is 0 Å². The minimum Gasteiger partial charge on any atom is -0.478 e. The lowest BCUT2D eigenvalue weighted by Gasteiger charge is -2.02. The molecule has 0 radical (unpaired) electrons. The molecule has 4 heteroatoms. The Bertz CT molecular complexity index is 297. The van der Waals surface area contributed by atoms with E-state index in [0.29, 0.717) is 5.56 Å². The molecule has 76 valence electrons. The molecule has 1 aromatic rings. The molecule has 0 aromatic heterocycles. The number of aromatic carboxylic acids is 1. The average molecular weight is 258 g/mol. The van der Waals surface area contributed by atoms with Gasteiger partial charge in [0.1, 0.15) is 0 Å². The molecule has 1 rings (SSSR count). The van der Waals surface area contributed by atoms with Crippen LogP contribution in [0.25, 0.3) is 0 Å². The molecule has 0 spiro atoms. The lowest BCUT2D eigenvalue weighted by atomic mass is 10.1. The summed E-state index contributed by atoms with van der Waals surface area (Å²) in [4.78, 5) is 10.6. The van der Waals surface area contributed by atoms with Gasteiger partial charge >= 0.3 is 5.97 Å². The predicted octanol–water partition coefficient (Wildman–Crippen LogP) is 1.87. The molecule has 0 heterocycles. The Hall–Kier alpha value is -0.870. The molecule has 0 amide bonds. The molecule has 0 fully saturated rings. The summed E-state index contributed by atoms with van der Waals surface area (Å²) >= 11 is 3.31. The molecule has 2 N–H and O–H groups in total. The number of carboxylic acid groups (broad SMARTS) is 1. The van der Waals surface area contributed by atoms with Crippen molar-refractivity contribution in [3.05, 3.63) is 35.4 Å². The van der Waals surface area contributed by atoms with E-state index < -0.39 is 5.97 Å². The lowest BCUT2D eigenvalue weighted by molar-refractivity contribution is 0.0697. The van der Waals surface area contributed by atoms with E-state index in [9.17, 15) is 4.79 Å². The molecule has 3 nitrogen and oxygen atoms in total. The van der Waals surface area contributed by atoms with Crippen LogP contribution < -0.4 is 5.32 Å². The van der Waals surface area contributed by atoms with Crippen molar-refractivity contribution in [2.24, 2.45) is 0 Å². The molecule has 1 aromatic carbocycles. The van der Waals surface area contributed by atoms with Gasteiger partial charge in [-0.2, -0.15) is 0 Å². The Morgan fingerprint density at radius 2 is 2.00 bits per heavy atom. The first-order chi connectivity index (χ1) is 6.74. The highest BCUT2D eigenvalue weighted by atomic mass is 79.9. The summed E-state index contributed by atoms with van der Waals surface area (Å²) in [6, 6.07) is 6.89. The standard InChI is InChI=1S/C10H12BrNO2/c11-5-6-12-7-8-1-3-9(4-2-8)10(13)14/h1-4,12H,5-7H2,(H,13,14). The predicted molar refractivity (Wildman–Crippen MR) is 58.9 cm³/mol. The summed E-state index contributed by atoms with van der Waals surface area (Å²) in [7, 11) is 0. The van der Waals surface area contributed by atoms with Gasteiger partial charge in [0.15, 0.2) is 0 Å². The number of halogens is 1. The fourth-order valence-corrected chi connectivity index (χ4v) is 1.35. The van der Waals surface area contributed by atoms with Crippen LogP contribution in [0.2, 0.25) is 0 Å². The zero-order valence-electron chi connectivity index (χ0n) is 7.66. The average Bonchev–Trinajstić information content (AvgIpc) is 2.19. The quantitative estimate of drug-likeness (QED) is 0.626. The largest absolute Gasteiger partial charge is 0.478 e. The van der Waals surface area contributed by atoms with Crippen LogP contribution in [0.1, 0.15) is 15.9 Å². The van der Waals surface area contributed by atoms with E-state index in [2.05, 4.69) is 21.2 Å². The van der Waals surface area contributed by atoms with Gasteiger partial charge in [0.05, 0.1) is 5.56 Å². The third kappa shape index (κ3) is 3.47. The van der Waals surface area contributed by atoms with E-state index in [1.807, 2.05) is 12.1 Å². The van der Waals surface area contributed by atoms with Crippen LogP contribution in [0, 0.1) is 0 Å². The van der Waals surface area contributed by atoms with Gasteiger partial charge in [-0.15, -0.1) is 0 Å². The van der Waals surface area contributed by atoms with Crippen LogP contribution in [-0.4, -0.2) is 23.0 Å². The number of rotatable bonds is 5. The Balaban J connectivity index is 2.51. The van der Waals surface area contributed by atoms with Crippen molar-refractivity contribution in [3.8, 4) is 0 Å². The first-order valence-corrected chi connectivity index (χ1v) is 5.45. The number of carbonyl (C=O) groups is 1. The zero-order valence-corrected chi connectivity index (χ0v) is 9.25. The Morgan fingerprint density at radius 3 is 2.50 bits per heavy atom. The van der Waals surface area contributed by atoms with E-state index >= 15 is 0 Å². The molecular weight excluding hydrogens is 246 g/mol. The topological polar surface area (TPSA) is 49.3 Å². The minimum atomic E-state index is -0.884. The fraction of sp³-hybridized carbons (Fsp3) is 0.300. The molecule has 0 atom stereocenters. The molecule has 0 bridgehead atoms. The second kappa shape index (κ2) is 5.78. The Morgan fingerprint density at radius 1 is 1.36 bits per heavy atom. The first kappa shape index (κ1) is 11.2. The third-order valence-electron chi connectivity index (χ3n) is 1.80. The Labute approximate surface area is 91.3 Å². The number of alkyl halides is 1. The summed E-state index contributed by atoms with van der Waals surface area (Å²) < 4.78 is 0. The summed E-state index contributed by atoms with van der Waals surface area (Å²) in [5.74, 6) is -0.884. The van der Waals surface area contributed by atoms with Gasteiger partial charge in [0, 0.05) is 18.4 Å². The zero-order chi connectivity index (χ0) is 10.4. The van der Waals surface area contributed by atoms with Crippen molar-refractivity contribution in [2.75, 3.05) is 11.9 Å². The second-order valence-electron chi connectivity index (χ2n) is 2.87. The van der Waals surface area contributed by atoms with Crippen LogP contribution >= 0.6 is 15.9 Å². The van der Waals surface area contributed by atoms with Gasteiger partial charge in [0.25, 0.3) is 0 Å². The first-order valence-electron chi connectivity index (χ1n) is 4.33. The van der Waals surface area contributed by atoms with Crippen LogP contribution in [0.4, 0.5) is 0 Å². The number of benzene rings is 1. The van der Waals surface area contributed by atoms with Crippen molar-refractivity contribution in [1.29, 1.82) is 0 Å². The van der Waals surface area contributed by atoms with E-state index in [0.717, 1.165) is 24.0 Å². The van der Waals surface area contributed by atoms with Gasteiger partial charge < -0.3 is 10.4 Å². The van der Waals surface area contributed by atoms with E-state index in [1.54, 1.807) is 12.1 Å². The molecule has 0 unspecified atom stereocenters. The van der Waals surface area contributed by atoms with Crippen LogP contribution in [-0.2, 0) is 6.54 Å². The van der Waals surface area contributed by atoms with Crippen LogP contribution in [0.15, 0.2) is 24.3 Å². The summed E-state index contributed by atoms with van der Waals surface area (Å²) in [5.41, 5.74) is 1.42. The van der Waals surface area contributed by atoms with Gasteiger partial charge in [-0.25, -0.2) is 4.79 Å². The number of nitrogens with one attached hydrogen (secondary N) is 1. The summed E-state index contributed by atoms with van der Waals surface area (Å²) in [5, 5.41) is 12.8. The van der Waals surface area contributed by atoms with Crippen LogP contribution in [0.3, 0.4) is 0 Å².